The smallest absolute Gasteiger partial charge is 0.271 e. The fourth-order valence-corrected chi connectivity index (χ4v) is 2.14. The number of hydrogen-bond acceptors (Lipinski definition) is 4. The summed E-state index contributed by atoms with van der Waals surface area (Å²) < 4.78 is 10.5. The predicted octanol–water partition coefficient (Wildman–Crippen LogP) is 3.23. The summed E-state index contributed by atoms with van der Waals surface area (Å²) in [5.74, 6) is 0.917. The minimum Gasteiger partial charge on any atom is -0.454 e. The average Bonchev–Trinajstić information content (AvgIpc) is 3.03. The molecule has 116 valence electrons. The predicted molar refractivity (Wildman–Crippen MR) is 88.6 cm³/mol. The highest BCUT2D eigenvalue weighted by Gasteiger charge is 2.15. The Morgan fingerprint density at radius 2 is 1.91 bits per heavy atom. The molecule has 1 N–H and O–H groups in total. The van der Waals surface area contributed by atoms with Crippen molar-refractivity contribution in [1.29, 1.82) is 0 Å². The third kappa shape index (κ3) is 3.77. The summed E-state index contributed by atoms with van der Waals surface area (Å²) in [6, 6.07) is 14.9. The normalized spacial score (nSPS) is 13.3. The van der Waals surface area contributed by atoms with Crippen molar-refractivity contribution in [2.75, 3.05) is 6.79 Å². The summed E-state index contributed by atoms with van der Waals surface area (Å²) in [6.07, 6.45) is 3.59. The number of rotatable bonds is 4. The molecule has 0 aliphatic carbocycles. The molecule has 1 aliphatic heterocycles. The van der Waals surface area contributed by atoms with Gasteiger partial charge in [0.05, 0.1) is 6.21 Å². The maximum atomic E-state index is 12.0. The molecule has 2 aromatic carbocycles. The van der Waals surface area contributed by atoms with Crippen molar-refractivity contribution in [1.82, 2.24) is 5.43 Å². The zero-order chi connectivity index (χ0) is 16.1. The van der Waals surface area contributed by atoms with E-state index in [0.29, 0.717) is 17.1 Å². The zero-order valence-electron chi connectivity index (χ0n) is 12.7. The molecule has 1 aliphatic rings. The molecule has 3 rings (SSSR count). The number of nitrogens with zero attached hydrogens (tertiary/aromatic N) is 1. The van der Waals surface area contributed by atoms with Gasteiger partial charge in [-0.2, -0.15) is 5.10 Å². The van der Waals surface area contributed by atoms with Gasteiger partial charge in [-0.3, -0.25) is 4.79 Å². The van der Waals surface area contributed by atoms with Crippen molar-refractivity contribution in [3.63, 3.8) is 0 Å². The van der Waals surface area contributed by atoms with Crippen molar-refractivity contribution in [3.05, 3.63) is 65.2 Å². The van der Waals surface area contributed by atoms with E-state index in [4.69, 9.17) is 9.47 Å². The van der Waals surface area contributed by atoms with Gasteiger partial charge in [-0.15, -0.1) is 0 Å². The Labute approximate surface area is 134 Å². The van der Waals surface area contributed by atoms with E-state index in [0.717, 1.165) is 11.1 Å². The zero-order valence-corrected chi connectivity index (χ0v) is 12.7. The minimum absolute atomic E-state index is 0.183. The van der Waals surface area contributed by atoms with Crippen molar-refractivity contribution < 1.29 is 14.3 Å². The molecular weight excluding hydrogens is 292 g/mol. The van der Waals surface area contributed by atoms with E-state index in [1.165, 1.54) is 0 Å². The molecule has 2 aromatic rings. The highest BCUT2D eigenvalue weighted by molar-refractivity contribution is 5.95. The Hall–Kier alpha value is -3.08. The quantitative estimate of drug-likeness (QED) is 0.697. The van der Waals surface area contributed by atoms with Gasteiger partial charge in [0.2, 0.25) is 6.79 Å². The number of benzene rings is 2. The lowest BCUT2D eigenvalue weighted by atomic mass is 10.1. The van der Waals surface area contributed by atoms with Crippen LogP contribution in [0.3, 0.4) is 0 Å². The van der Waals surface area contributed by atoms with E-state index in [1.54, 1.807) is 24.4 Å². The fourth-order valence-electron chi connectivity index (χ4n) is 2.14. The number of fused-ring (bicyclic) bond motifs is 1. The number of ether oxygens (including phenoxy) is 2. The van der Waals surface area contributed by atoms with Crippen LogP contribution >= 0.6 is 0 Å². The first kappa shape index (κ1) is 14.8. The van der Waals surface area contributed by atoms with Crippen LogP contribution in [0.1, 0.15) is 22.8 Å². The van der Waals surface area contributed by atoms with Crippen LogP contribution in [0.2, 0.25) is 0 Å². The monoisotopic (exact) mass is 308 g/mol. The van der Waals surface area contributed by atoms with E-state index in [2.05, 4.69) is 10.5 Å². The van der Waals surface area contributed by atoms with Crippen LogP contribution in [-0.2, 0) is 0 Å². The Morgan fingerprint density at radius 1 is 1.13 bits per heavy atom. The van der Waals surface area contributed by atoms with Crippen molar-refractivity contribution in [2.45, 2.75) is 6.92 Å². The second-order valence-electron chi connectivity index (χ2n) is 5.07. The van der Waals surface area contributed by atoms with Gasteiger partial charge in [0.25, 0.3) is 5.91 Å². The number of carbonyl (C=O) groups is 1. The summed E-state index contributed by atoms with van der Waals surface area (Å²) in [7, 11) is 0. The summed E-state index contributed by atoms with van der Waals surface area (Å²) in [5, 5.41) is 3.97. The molecular formula is C18H16N2O3. The molecule has 0 aromatic heterocycles. The first-order valence-electron chi connectivity index (χ1n) is 7.19. The number of allylic oxidation sites excluding steroid dienone is 1. The highest BCUT2D eigenvalue weighted by atomic mass is 16.7. The van der Waals surface area contributed by atoms with Crippen molar-refractivity contribution in [3.8, 4) is 11.5 Å². The van der Waals surface area contributed by atoms with Crippen molar-refractivity contribution >= 4 is 18.2 Å². The lowest BCUT2D eigenvalue weighted by Crippen LogP contribution is -2.17. The third-order valence-electron chi connectivity index (χ3n) is 3.26. The van der Waals surface area contributed by atoms with Crippen LogP contribution < -0.4 is 14.9 Å². The standard InChI is InChI=1S/C18H16N2O3/c1-13(9-14-5-3-2-4-6-14)11-19-20-18(21)15-7-8-16-17(10-15)23-12-22-16/h2-11H,12H2,1H3,(H,20,21)/b13-9-,19-11+. The van der Waals surface area contributed by atoms with Crippen LogP contribution in [0, 0.1) is 0 Å². The number of nitrogens with one attached hydrogen (secondary N) is 1. The topological polar surface area (TPSA) is 59.9 Å². The second-order valence-corrected chi connectivity index (χ2v) is 5.07. The Balaban J connectivity index is 1.61. The summed E-state index contributed by atoms with van der Waals surface area (Å²) >= 11 is 0. The molecule has 0 saturated heterocycles. The van der Waals surface area contributed by atoms with E-state index in [-0.39, 0.29) is 12.7 Å². The fraction of sp³-hybridized carbons (Fsp3) is 0.111. The molecule has 1 heterocycles. The molecule has 23 heavy (non-hydrogen) atoms. The van der Waals surface area contributed by atoms with E-state index < -0.39 is 0 Å². The van der Waals surface area contributed by atoms with E-state index in [9.17, 15) is 4.79 Å². The van der Waals surface area contributed by atoms with Crippen LogP contribution in [-0.4, -0.2) is 18.9 Å². The summed E-state index contributed by atoms with van der Waals surface area (Å²) in [4.78, 5) is 12.0. The molecule has 0 unspecified atom stereocenters. The van der Waals surface area contributed by atoms with Gasteiger partial charge in [0, 0.05) is 5.56 Å². The largest absolute Gasteiger partial charge is 0.454 e. The molecule has 5 heteroatoms. The Bertz CT molecular complexity index is 767. The van der Waals surface area contributed by atoms with Gasteiger partial charge in [-0.05, 0) is 36.3 Å². The molecule has 0 saturated carbocycles. The van der Waals surface area contributed by atoms with Gasteiger partial charge in [-0.25, -0.2) is 5.43 Å². The summed E-state index contributed by atoms with van der Waals surface area (Å²) in [5.41, 5.74) is 4.98. The van der Waals surface area contributed by atoms with Gasteiger partial charge in [0.15, 0.2) is 11.5 Å². The molecule has 0 spiro atoms. The minimum atomic E-state index is -0.299. The second kappa shape index (κ2) is 6.79. The maximum absolute atomic E-state index is 12.0. The van der Waals surface area contributed by atoms with Gasteiger partial charge >= 0.3 is 0 Å². The third-order valence-corrected chi connectivity index (χ3v) is 3.26. The van der Waals surface area contributed by atoms with Crippen molar-refractivity contribution in [2.24, 2.45) is 5.10 Å². The Kier molecular flexibility index (Phi) is 4.38. The first-order valence-corrected chi connectivity index (χ1v) is 7.19. The molecule has 0 atom stereocenters. The van der Waals surface area contributed by atoms with E-state index in [1.807, 2.05) is 43.3 Å². The number of amides is 1. The number of carbonyl (C=O) groups excluding carboxylic acids is 1. The molecule has 0 fully saturated rings. The van der Waals surface area contributed by atoms with E-state index >= 15 is 0 Å². The molecule has 5 nitrogen and oxygen atoms in total. The van der Waals surface area contributed by atoms with Gasteiger partial charge in [0.1, 0.15) is 0 Å². The first-order chi connectivity index (χ1) is 11.2. The lowest BCUT2D eigenvalue weighted by Gasteiger charge is -2.01. The van der Waals surface area contributed by atoms with Crippen LogP contribution in [0.25, 0.3) is 6.08 Å². The van der Waals surface area contributed by atoms with Crippen LogP contribution in [0.15, 0.2) is 59.2 Å². The van der Waals surface area contributed by atoms with Gasteiger partial charge < -0.3 is 9.47 Å². The van der Waals surface area contributed by atoms with Crippen LogP contribution in [0.5, 0.6) is 11.5 Å². The lowest BCUT2D eigenvalue weighted by molar-refractivity contribution is 0.0954. The van der Waals surface area contributed by atoms with Crippen LogP contribution in [0.4, 0.5) is 0 Å². The SMILES string of the molecule is CC(=C/c1ccccc1)/C=N/NC(=O)c1ccc2c(c1)OCO2. The summed E-state index contributed by atoms with van der Waals surface area (Å²) in [6.45, 7) is 2.10. The number of hydrogen-bond donors (Lipinski definition) is 1. The molecule has 0 radical (unpaired) electrons. The highest BCUT2D eigenvalue weighted by Crippen LogP contribution is 2.32. The average molecular weight is 308 g/mol. The molecule has 1 amide bonds. The Morgan fingerprint density at radius 3 is 2.74 bits per heavy atom. The van der Waals surface area contributed by atoms with Gasteiger partial charge in [-0.1, -0.05) is 36.4 Å². The molecule has 0 bridgehead atoms. The maximum Gasteiger partial charge on any atom is 0.271 e. The number of hydrazone groups is 1.